The van der Waals surface area contributed by atoms with Gasteiger partial charge in [-0.25, -0.2) is 4.68 Å². The molecule has 1 N–H and O–H groups in total. The molecule has 1 aromatic heterocycles. The minimum atomic E-state index is -0.113. The summed E-state index contributed by atoms with van der Waals surface area (Å²) in [5.74, 6) is 0.534. The molecule has 21 heavy (non-hydrogen) atoms. The van der Waals surface area contributed by atoms with Gasteiger partial charge in [-0.2, -0.15) is 5.10 Å². The van der Waals surface area contributed by atoms with Crippen LogP contribution in [-0.2, 0) is 13.1 Å². The summed E-state index contributed by atoms with van der Waals surface area (Å²) in [4.78, 5) is 12.0. The summed E-state index contributed by atoms with van der Waals surface area (Å²) in [6, 6.07) is 8.50. The zero-order chi connectivity index (χ0) is 15.4. The third-order valence-electron chi connectivity index (χ3n) is 3.41. The van der Waals surface area contributed by atoms with Crippen molar-refractivity contribution in [1.82, 2.24) is 9.78 Å². The van der Waals surface area contributed by atoms with Crippen LogP contribution in [-0.4, -0.2) is 9.78 Å². The summed E-state index contributed by atoms with van der Waals surface area (Å²) in [6.07, 6.45) is 1.68. The van der Waals surface area contributed by atoms with Crippen molar-refractivity contribution >= 4 is 21.6 Å². The van der Waals surface area contributed by atoms with E-state index in [1.165, 1.54) is 15.8 Å². The van der Waals surface area contributed by atoms with E-state index >= 15 is 0 Å². The van der Waals surface area contributed by atoms with Gasteiger partial charge >= 0.3 is 0 Å². The van der Waals surface area contributed by atoms with Crippen molar-refractivity contribution in [2.75, 3.05) is 5.32 Å². The Bertz CT molecular complexity index is 662. The van der Waals surface area contributed by atoms with E-state index in [9.17, 15) is 4.79 Å². The Kier molecular flexibility index (Phi) is 5.17. The molecule has 1 heterocycles. The van der Waals surface area contributed by atoms with Crippen molar-refractivity contribution in [3.05, 3.63) is 56.4 Å². The zero-order valence-corrected chi connectivity index (χ0v) is 14.1. The summed E-state index contributed by atoms with van der Waals surface area (Å²) >= 11 is 3.34. The normalized spacial score (nSPS) is 10.9. The molecule has 0 fully saturated rings. The van der Waals surface area contributed by atoms with E-state index in [1.54, 1.807) is 6.20 Å². The lowest BCUT2D eigenvalue weighted by molar-refractivity contribution is 0.613. The van der Waals surface area contributed by atoms with Gasteiger partial charge in [-0.1, -0.05) is 38.1 Å². The highest BCUT2D eigenvalue weighted by atomic mass is 79.9. The van der Waals surface area contributed by atoms with Gasteiger partial charge in [0.05, 0.1) is 11.9 Å². The zero-order valence-electron chi connectivity index (χ0n) is 12.6. The van der Waals surface area contributed by atoms with Gasteiger partial charge in [-0.05, 0) is 39.9 Å². The van der Waals surface area contributed by atoms with Crippen molar-refractivity contribution in [2.24, 2.45) is 0 Å². The highest BCUT2D eigenvalue weighted by Gasteiger charge is 2.07. The van der Waals surface area contributed by atoms with Crippen LogP contribution in [0.3, 0.4) is 0 Å². The van der Waals surface area contributed by atoms with Crippen LogP contribution in [0.4, 0.5) is 5.69 Å². The molecule has 0 radical (unpaired) electrons. The molecule has 0 saturated carbocycles. The van der Waals surface area contributed by atoms with Crippen LogP contribution in [0.25, 0.3) is 0 Å². The third-order valence-corrected chi connectivity index (χ3v) is 4.18. The number of anilines is 1. The van der Waals surface area contributed by atoms with E-state index in [-0.39, 0.29) is 5.56 Å². The topological polar surface area (TPSA) is 46.9 Å². The molecule has 0 saturated heterocycles. The molecule has 0 unspecified atom stereocenters. The highest BCUT2D eigenvalue weighted by molar-refractivity contribution is 9.10. The molecule has 0 bridgehead atoms. The molecule has 0 amide bonds. The van der Waals surface area contributed by atoms with Crippen LogP contribution >= 0.6 is 15.9 Å². The maximum absolute atomic E-state index is 12.0. The number of hydrogen-bond acceptors (Lipinski definition) is 3. The van der Waals surface area contributed by atoms with Crippen LogP contribution < -0.4 is 10.9 Å². The first-order valence-corrected chi connectivity index (χ1v) is 7.90. The standard InChI is InChI=1S/C16H20BrN3O/c1-4-20-16(21)15(17)14(10-19-20)18-9-12-5-7-13(8-6-12)11(2)3/h5-8,10-11,18H,4,9H2,1-3H3. The monoisotopic (exact) mass is 349 g/mol. The van der Waals surface area contributed by atoms with Crippen molar-refractivity contribution in [3.63, 3.8) is 0 Å². The molecule has 0 aliphatic heterocycles. The molecule has 2 aromatic rings. The predicted molar refractivity (Wildman–Crippen MR) is 89.7 cm³/mol. The maximum atomic E-state index is 12.0. The van der Waals surface area contributed by atoms with E-state index in [0.717, 1.165) is 5.69 Å². The lowest BCUT2D eigenvalue weighted by Gasteiger charge is -2.11. The Balaban J connectivity index is 2.10. The molecule has 5 heteroatoms. The Hall–Kier alpha value is -1.62. The largest absolute Gasteiger partial charge is 0.379 e. The van der Waals surface area contributed by atoms with Crippen LogP contribution in [0, 0.1) is 0 Å². The van der Waals surface area contributed by atoms with Crippen LogP contribution in [0.1, 0.15) is 37.8 Å². The Labute approximate surface area is 133 Å². The third kappa shape index (κ3) is 3.73. The Morgan fingerprint density at radius 2 is 1.95 bits per heavy atom. The molecule has 1 aromatic carbocycles. The minimum Gasteiger partial charge on any atom is -0.379 e. The Morgan fingerprint density at radius 1 is 1.29 bits per heavy atom. The fraction of sp³-hybridized carbons (Fsp3) is 0.375. The minimum absolute atomic E-state index is 0.113. The van der Waals surface area contributed by atoms with Crippen molar-refractivity contribution in [1.29, 1.82) is 0 Å². The van der Waals surface area contributed by atoms with E-state index in [0.29, 0.717) is 23.5 Å². The molecule has 0 aliphatic rings. The molecule has 0 atom stereocenters. The van der Waals surface area contributed by atoms with Gasteiger partial charge < -0.3 is 5.32 Å². The summed E-state index contributed by atoms with van der Waals surface area (Å²) in [5.41, 5.74) is 3.11. The quantitative estimate of drug-likeness (QED) is 0.893. The van der Waals surface area contributed by atoms with Crippen molar-refractivity contribution in [2.45, 2.75) is 39.8 Å². The predicted octanol–water partition coefficient (Wildman–Crippen LogP) is 3.76. The Morgan fingerprint density at radius 3 is 2.52 bits per heavy atom. The second-order valence-electron chi connectivity index (χ2n) is 5.24. The van der Waals surface area contributed by atoms with Gasteiger partial charge in [0, 0.05) is 13.1 Å². The number of benzene rings is 1. The van der Waals surface area contributed by atoms with E-state index in [4.69, 9.17) is 0 Å². The maximum Gasteiger partial charge on any atom is 0.283 e. The highest BCUT2D eigenvalue weighted by Crippen LogP contribution is 2.18. The van der Waals surface area contributed by atoms with Crippen molar-refractivity contribution < 1.29 is 0 Å². The van der Waals surface area contributed by atoms with Crippen LogP contribution in [0.5, 0.6) is 0 Å². The summed E-state index contributed by atoms with van der Waals surface area (Å²) < 4.78 is 1.95. The number of nitrogens with zero attached hydrogens (tertiary/aromatic N) is 2. The SMILES string of the molecule is CCn1ncc(NCc2ccc(C(C)C)cc2)c(Br)c1=O. The van der Waals surface area contributed by atoms with E-state index in [2.05, 4.69) is 64.5 Å². The lowest BCUT2D eigenvalue weighted by Crippen LogP contribution is -2.23. The van der Waals surface area contributed by atoms with Crippen LogP contribution in [0.15, 0.2) is 39.7 Å². The van der Waals surface area contributed by atoms with Gasteiger partial charge in [-0.3, -0.25) is 4.79 Å². The number of hydrogen-bond donors (Lipinski definition) is 1. The number of nitrogens with one attached hydrogen (secondary N) is 1. The van der Waals surface area contributed by atoms with Gasteiger partial charge in [0.15, 0.2) is 0 Å². The lowest BCUT2D eigenvalue weighted by atomic mass is 10.0. The molecule has 0 spiro atoms. The van der Waals surface area contributed by atoms with Gasteiger partial charge in [-0.15, -0.1) is 0 Å². The summed E-state index contributed by atoms with van der Waals surface area (Å²) in [5, 5.41) is 7.37. The number of aryl methyl sites for hydroxylation is 1. The van der Waals surface area contributed by atoms with E-state index < -0.39 is 0 Å². The molecule has 0 aliphatic carbocycles. The molecular formula is C16H20BrN3O. The molecule has 112 valence electrons. The average molecular weight is 350 g/mol. The fourth-order valence-corrected chi connectivity index (χ4v) is 2.48. The summed E-state index contributed by atoms with van der Waals surface area (Å²) in [6.45, 7) is 7.48. The fourth-order valence-electron chi connectivity index (χ4n) is 2.03. The van der Waals surface area contributed by atoms with Gasteiger partial charge in [0.2, 0.25) is 0 Å². The molecule has 4 nitrogen and oxygen atoms in total. The average Bonchev–Trinajstić information content (AvgIpc) is 2.49. The first-order valence-electron chi connectivity index (χ1n) is 7.11. The van der Waals surface area contributed by atoms with Crippen LogP contribution in [0.2, 0.25) is 0 Å². The smallest absolute Gasteiger partial charge is 0.283 e. The van der Waals surface area contributed by atoms with E-state index in [1.807, 2.05) is 6.92 Å². The second kappa shape index (κ2) is 6.89. The van der Waals surface area contributed by atoms with Gasteiger partial charge in [0.25, 0.3) is 5.56 Å². The second-order valence-corrected chi connectivity index (χ2v) is 6.04. The molecular weight excluding hydrogens is 330 g/mol. The number of aromatic nitrogens is 2. The molecule has 2 rings (SSSR count). The first-order chi connectivity index (χ1) is 10.0. The number of rotatable bonds is 5. The van der Waals surface area contributed by atoms with Gasteiger partial charge in [0.1, 0.15) is 4.47 Å². The summed E-state index contributed by atoms with van der Waals surface area (Å²) in [7, 11) is 0. The number of halogens is 1. The van der Waals surface area contributed by atoms with Crippen molar-refractivity contribution in [3.8, 4) is 0 Å². The first kappa shape index (κ1) is 15.8.